The van der Waals surface area contributed by atoms with E-state index < -0.39 is 39.9 Å². The summed E-state index contributed by atoms with van der Waals surface area (Å²) in [4.78, 5) is 18.0. The lowest BCUT2D eigenvalue weighted by atomic mass is 10.0. The fourth-order valence-electron chi connectivity index (χ4n) is 2.00. The van der Waals surface area contributed by atoms with Crippen LogP contribution in [0.3, 0.4) is 0 Å². The number of hydrogen-bond acceptors (Lipinski definition) is 4. The molecule has 0 bridgehead atoms. The second kappa shape index (κ2) is 6.04. The summed E-state index contributed by atoms with van der Waals surface area (Å²) < 4.78 is 53.1. The Morgan fingerprint density at radius 3 is 2.52 bits per heavy atom. The van der Waals surface area contributed by atoms with Gasteiger partial charge in [-0.05, 0) is 30.9 Å². The molecular formula is C14H9F4N3OS. The van der Waals surface area contributed by atoms with Crippen molar-refractivity contribution in [2.24, 2.45) is 0 Å². The van der Waals surface area contributed by atoms with Crippen LogP contribution in [0.15, 0.2) is 22.1 Å². The van der Waals surface area contributed by atoms with E-state index in [9.17, 15) is 22.4 Å². The average Bonchev–Trinajstić information content (AvgIpc) is 2.47. The van der Waals surface area contributed by atoms with Crippen LogP contribution < -0.4 is 5.56 Å². The highest BCUT2D eigenvalue weighted by molar-refractivity contribution is 7.98. The van der Waals surface area contributed by atoms with E-state index >= 15 is 0 Å². The Balaban J connectivity index is 2.88. The summed E-state index contributed by atoms with van der Waals surface area (Å²) in [5, 5.41) is 9.12. The summed E-state index contributed by atoms with van der Waals surface area (Å²) in [7, 11) is 0. The third-order valence-electron chi connectivity index (χ3n) is 2.98. The number of rotatable bonds is 2. The first kappa shape index (κ1) is 17.0. The van der Waals surface area contributed by atoms with Crippen LogP contribution in [0.4, 0.5) is 17.6 Å². The Morgan fingerprint density at radius 1 is 1.35 bits per heavy atom. The molecule has 1 aromatic heterocycles. The molecule has 2 aromatic rings. The Labute approximate surface area is 132 Å². The van der Waals surface area contributed by atoms with Crippen LogP contribution in [0.2, 0.25) is 0 Å². The lowest BCUT2D eigenvalue weighted by Gasteiger charge is -2.13. The molecule has 0 radical (unpaired) electrons. The van der Waals surface area contributed by atoms with Gasteiger partial charge < -0.3 is 4.98 Å². The average molecular weight is 343 g/mol. The molecule has 0 fully saturated rings. The molecule has 23 heavy (non-hydrogen) atoms. The number of halogens is 4. The van der Waals surface area contributed by atoms with E-state index in [1.807, 2.05) is 0 Å². The largest absolute Gasteiger partial charge is 0.419 e. The molecule has 1 N–H and O–H groups in total. The van der Waals surface area contributed by atoms with Crippen LogP contribution in [0.1, 0.15) is 16.7 Å². The van der Waals surface area contributed by atoms with E-state index in [1.165, 1.54) is 6.92 Å². The summed E-state index contributed by atoms with van der Waals surface area (Å²) in [5.74, 6) is -1.57. The highest BCUT2D eigenvalue weighted by atomic mass is 32.2. The van der Waals surface area contributed by atoms with Crippen molar-refractivity contribution in [2.75, 3.05) is 6.26 Å². The smallest absolute Gasteiger partial charge is 0.300 e. The summed E-state index contributed by atoms with van der Waals surface area (Å²) in [5.41, 5.74) is -3.66. The van der Waals surface area contributed by atoms with Crippen LogP contribution in [0.5, 0.6) is 0 Å². The van der Waals surface area contributed by atoms with Gasteiger partial charge >= 0.3 is 6.18 Å². The molecule has 9 heteroatoms. The first-order chi connectivity index (χ1) is 10.7. The first-order valence-electron chi connectivity index (χ1n) is 6.15. The number of benzene rings is 1. The number of thioether (sulfide) groups is 1. The monoisotopic (exact) mass is 343 g/mol. The number of alkyl halides is 3. The third-order valence-corrected chi connectivity index (χ3v) is 3.56. The standard InChI is InChI=1S/C14H9F4N3OS/c1-6-3-7(10(15)9(4-6)14(16,17)18)11-8(5-19)12(22)21-13(20-11)23-2/h3-4H,1-2H3,(H,20,21,22). The van der Waals surface area contributed by atoms with Crippen LogP contribution in [0.25, 0.3) is 11.3 Å². The molecule has 0 aliphatic carbocycles. The third kappa shape index (κ3) is 3.22. The van der Waals surface area contributed by atoms with Gasteiger partial charge in [-0.1, -0.05) is 11.8 Å². The van der Waals surface area contributed by atoms with Gasteiger partial charge in [0.05, 0.1) is 11.3 Å². The van der Waals surface area contributed by atoms with E-state index in [-0.39, 0.29) is 10.7 Å². The molecule has 0 unspecified atom stereocenters. The fraction of sp³-hybridized carbons (Fsp3) is 0.214. The van der Waals surface area contributed by atoms with Gasteiger partial charge in [0.15, 0.2) is 5.16 Å². The number of nitriles is 1. The molecular weight excluding hydrogens is 334 g/mol. The summed E-state index contributed by atoms with van der Waals surface area (Å²) in [6, 6.07) is 3.34. The predicted molar refractivity (Wildman–Crippen MR) is 76.5 cm³/mol. The van der Waals surface area contributed by atoms with E-state index in [1.54, 1.807) is 12.3 Å². The van der Waals surface area contributed by atoms with Crippen molar-refractivity contribution in [1.82, 2.24) is 9.97 Å². The second-order valence-corrected chi connectivity index (χ2v) is 5.38. The fourth-order valence-corrected chi connectivity index (χ4v) is 2.37. The quantitative estimate of drug-likeness (QED) is 0.515. The highest BCUT2D eigenvalue weighted by Crippen LogP contribution is 2.36. The lowest BCUT2D eigenvalue weighted by Crippen LogP contribution is -2.16. The second-order valence-electron chi connectivity index (χ2n) is 4.58. The maximum absolute atomic E-state index is 14.3. The minimum absolute atomic E-state index is 0.0680. The van der Waals surface area contributed by atoms with Crippen molar-refractivity contribution >= 4 is 11.8 Å². The van der Waals surface area contributed by atoms with Gasteiger partial charge in [-0.25, -0.2) is 9.37 Å². The lowest BCUT2D eigenvalue weighted by molar-refractivity contribution is -0.139. The molecule has 0 saturated carbocycles. The summed E-state index contributed by atoms with van der Waals surface area (Å²) in [6.07, 6.45) is -3.33. The van der Waals surface area contributed by atoms with Gasteiger partial charge in [-0.3, -0.25) is 4.79 Å². The van der Waals surface area contributed by atoms with E-state index in [0.29, 0.717) is 6.07 Å². The van der Waals surface area contributed by atoms with Crippen molar-refractivity contribution in [2.45, 2.75) is 18.3 Å². The molecule has 2 rings (SSSR count). The van der Waals surface area contributed by atoms with Gasteiger partial charge in [0.1, 0.15) is 17.4 Å². The van der Waals surface area contributed by atoms with Gasteiger partial charge in [0.25, 0.3) is 5.56 Å². The molecule has 1 aromatic carbocycles. The molecule has 0 aliphatic heterocycles. The molecule has 0 spiro atoms. The minimum Gasteiger partial charge on any atom is -0.300 e. The summed E-state index contributed by atoms with van der Waals surface area (Å²) >= 11 is 1.01. The minimum atomic E-state index is -4.90. The molecule has 0 amide bonds. The number of nitrogens with one attached hydrogen (secondary N) is 1. The van der Waals surface area contributed by atoms with Crippen molar-refractivity contribution < 1.29 is 17.6 Å². The van der Waals surface area contributed by atoms with Crippen LogP contribution in [0, 0.1) is 24.1 Å². The van der Waals surface area contributed by atoms with Crippen molar-refractivity contribution in [1.29, 1.82) is 5.26 Å². The maximum atomic E-state index is 14.3. The summed E-state index contributed by atoms with van der Waals surface area (Å²) in [6.45, 7) is 1.35. The van der Waals surface area contributed by atoms with Gasteiger partial charge in [0, 0.05) is 5.56 Å². The Kier molecular flexibility index (Phi) is 4.47. The Morgan fingerprint density at radius 2 is 2.00 bits per heavy atom. The highest BCUT2D eigenvalue weighted by Gasteiger charge is 2.36. The molecule has 0 aliphatic rings. The molecule has 120 valence electrons. The van der Waals surface area contributed by atoms with E-state index in [2.05, 4.69) is 9.97 Å². The van der Waals surface area contributed by atoms with Gasteiger partial charge in [-0.2, -0.15) is 18.4 Å². The number of aromatic nitrogens is 2. The zero-order valence-corrected chi connectivity index (χ0v) is 12.7. The molecule has 4 nitrogen and oxygen atoms in total. The topological polar surface area (TPSA) is 69.5 Å². The number of hydrogen-bond donors (Lipinski definition) is 1. The zero-order chi connectivity index (χ0) is 17.4. The molecule has 0 saturated heterocycles. The van der Waals surface area contributed by atoms with Crippen LogP contribution >= 0.6 is 11.8 Å². The Bertz CT molecular complexity index is 868. The normalized spacial score (nSPS) is 11.3. The van der Waals surface area contributed by atoms with Gasteiger partial charge in [-0.15, -0.1) is 0 Å². The molecule has 1 heterocycles. The molecule has 0 atom stereocenters. The van der Waals surface area contributed by atoms with Crippen molar-refractivity contribution in [3.05, 3.63) is 45.0 Å². The van der Waals surface area contributed by atoms with Crippen molar-refractivity contribution in [3.63, 3.8) is 0 Å². The number of H-pyrrole nitrogens is 1. The van der Waals surface area contributed by atoms with Crippen molar-refractivity contribution in [3.8, 4) is 17.3 Å². The van der Waals surface area contributed by atoms with Crippen LogP contribution in [-0.4, -0.2) is 16.2 Å². The number of nitrogens with zero attached hydrogens (tertiary/aromatic N) is 2. The zero-order valence-electron chi connectivity index (χ0n) is 11.9. The first-order valence-corrected chi connectivity index (χ1v) is 7.37. The SMILES string of the molecule is CSc1nc(-c2cc(C)cc(C(F)(F)F)c2F)c(C#N)c(=O)[nH]1. The van der Waals surface area contributed by atoms with Gasteiger partial charge in [0.2, 0.25) is 0 Å². The number of aryl methyl sites for hydroxylation is 1. The Hall–Kier alpha value is -2.34. The predicted octanol–water partition coefficient (Wildman–Crippen LogP) is 3.50. The van der Waals surface area contributed by atoms with E-state index in [0.717, 1.165) is 17.8 Å². The number of aromatic amines is 1. The van der Waals surface area contributed by atoms with Crippen LogP contribution in [-0.2, 0) is 6.18 Å². The maximum Gasteiger partial charge on any atom is 0.419 e. The van der Waals surface area contributed by atoms with E-state index in [4.69, 9.17) is 5.26 Å².